The predicted octanol–water partition coefficient (Wildman–Crippen LogP) is 3.78. The first-order valence-corrected chi connectivity index (χ1v) is 9.59. The van der Waals surface area contributed by atoms with Crippen LogP contribution in [0.5, 0.6) is 0 Å². The van der Waals surface area contributed by atoms with Gasteiger partial charge in [-0.2, -0.15) is 0 Å². The molecule has 1 saturated carbocycles. The SMILES string of the molecule is CC1CCN(c2ccc(NC(=O)CCNC3CCCC3)cc2)CC1. The molecule has 1 aromatic rings. The molecular formula is C20H31N3O. The van der Waals surface area contributed by atoms with Gasteiger partial charge in [-0.15, -0.1) is 0 Å². The van der Waals surface area contributed by atoms with Crippen LogP contribution in [0, 0.1) is 5.92 Å². The van der Waals surface area contributed by atoms with Crippen LogP contribution in [-0.4, -0.2) is 31.6 Å². The molecule has 1 saturated heterocycles. The van der Waals surface area contributed by atoms with Crippen molar-refractivity contribution >= 4 is 17.3 Å². The van der Waals surface area contributed by atoms with E-state index in [1.165, 1.54) is 44.2 Å². The Hall–Kier alpha value is -1.55. The van der Waals surface area contributed by atoms with Crippen molar-refractivity contribution in [3.8, 4) is 0 Å². The summed E-state index contributed by atoms with van der Waals surface area (Å²) in [5, 5.41) is 6.49. The molecule has 2 fully saturated rings. The molecule has 2 aliphatic rings. The lowest BCUT2D eigenvalue weighted by Gasteiger charge is -2.32. The third-order valence-electron chi connectivity index (χ3n) is 5.44. The number of piperidine rings is 1. The van der Waals surface area contributed by atoms with Crippen LogP contribution in [-0.2, 0) is 4.79 Å². The molecule has 0 radical (unpaired) electrons. The molecule has 132 valence electrons. The number of nitrogens with zero attached hydrogens (tertiary/aromatic N) is 1. The van der Waals surface area contributed by atoms with E-state index in [1.807, 2.05) is 12.1 Å². The molecule has 0 bridgehead atoms. The highest BCUT2D eigenvalue weighted by Gasteiger charge is 2.16. The maximum atomic E-state index is 12.0. The smallest absolute Gasteiger partial charge is 0.225 e. The van der Waals surface area contributed by atoms with Gasteiger partial charge < -0.3 is 15.5 Å². The average molecular weight is 329 g/mol. The first kappa shape index (κ1) is 17.3. The van der Waals surface area contributed by atoms with Crippen LogP contribution < -0.4 is 15.5 Å². The van der Waals surface area contributed by atoms with E-state index in [0.717, 1.165) is 31.2 Å². The van der Waals surface area contributed by atoms with Crippen molar-refractivity contribution in [3.63, 3.8) is 0 Å². The molecular weight excluding hydrogens is 298 g/mol. The van der Waals surface area contributed by atoms with E-state index < -0.39 is 0 Å². The molecule has 0 unspecified atom stereocenters. The first-order valence-electron chi connectivity index (χ1n) is 9.59. The van der Waals surface area contributed by atoms with Gasteiger partial charge in [-0.25, -0.2) is 0 Å². The van der Waals surface area contributed by atoms with Gasteiger partial charge in [0, 0.05) is 43.5 Å². The van der Waals surface area contributed by atoms with Gasteiger partial charge in [-0.1, -0.05) is 19.8 Å². The molecule has 0 spiro atoms. The van der Waals surface area contributed by atoms with Gasteiger partial charge >= 0.3 is 0 Å². The number of carbonyl (C=O) groups is 1. The second kappa shape index (κ2) is 8.52. The largest absolute Gasteiger partial charge is 0.372 e. The van der Waals surface area contributed by atoms with Crippen molar-refractivity contribution in [2.75, 3.05) is 29.9 Å². The number of hydrogen-bond acceptors (Lipinski definition) is 3. The van der Waals surface area contributed by atoms with Gasteiger partial charge in [0.25, 0.3) is 0 Å². The van der Waals surface area contributed by atoms with Gasteiger partial charge in [0.15, 0.2) is 0 Å². The fourth-order valence-electron chi connectivity index (χ4n) is 3.77. The minimum absolute atomic E-state index is 0.0973. The van der Waals surface area contributed by atoms with E-state index in [4.69, 9.17) is 0 Å². The Kier molecular flexibility index (Phi) is 6.13. The molecule has 1 amide bonds. The minimum atomic E-state index is 0.0973. The van der Waals surface area contributed by atoms with Crippen molar-refractivity contribution in [2.24, 2.45) is 5.92 Å². The Morgan fingerprint density at radius 3 is 2.42 bits per heavy atom. The van der Waals surface area contributed by atoms with Crippen LogP contribution in [0.15, 0.2) is 24.3 Å². The summed E-state index contributed by atoms with van der Waals surface area (Å²) in [4.78, 5) is 14.5. The van der Waals surface area contributed by atoms with Crippen LogP contribution in [0.2, 0.25) is 0 Å². The summed E-state index contributed by atoms with van der Waals surface area (Å²) in [5.74, 6) is 0.942. The quantitative estimate of drug-likeness (QED) is 0.835. The number of nitrogens with one attached hydrogen (secondary N) is 2. The third kappa shape index (κ3) is 4.97. The minimum Gasteiger partial charge on any atom is -0.372 e. The zero-order chi connectivity index (χ0) is 16.8. The molecule has 1 aliphatic carbocycles. The number of anilines is 2. The Labute approximate surface area is 146 Å². The van der Waals surface area contributed by atoms with Crippen LogP contribution in [0.3, 0.4) is 0 Å². The Balaban J connectivity index is 1.41. The summed E-state index contributed by atoms with van der Waals surface area (Å²) >= 11 is 0. The van der Waals surface area contributed by atoms with E-state index in [-0.39, 0.29) is 5.91 Å². The van der Waals surface area contributed by atoms with E-state index in [2.05, 4.69) is 34.6 Å². The van der Waals surface area contributed by atoms with E-state index >= 15 is 0 Å². The van der Waals surface area contributed by atoms with Crippen molar-refractivity contribution < 1.29 is 4.79 Å². The highest BCUT2D eigenvalue weighted by Crippen LogP contribution is 2.24. The zero-order valence-corrected chi connectivity index (χ0v) is 14.9. The summed E-state index contributed by atoms with van der Waals surface area (Å²) in [6, 6.07) is 8.93. The van der Waals surface area contributed by atoms with Crippen molar-refractivity contribution in [3.05, 3.63) is 24.3 Å². The summed E-state index contributed by atoms with van der Waals surface area (Å²) in [6.45, 7) is 5.39. The first-order chi connectivity index (χ1) is 11.7. The lowest BCUT2D eigenvalue weighted by Crippen LogP contribution is -2.32. The van der Waals surface area contributed by atoms with Gasteiger partial charge in [-0.3, -0.25) is 4.79 Å². The lowest BCUT2D eigenvalue weighted by molar-refractivity contribution is -0.116. The summed E-state index contributed by atoms with van der Waals surface area (Å²) in [6.07, 6.45) is 8.26. The molecule has 1 aliphatic heterocycles. The predicted molar refractivity (Wildman–Crippen MR) is 101 cm³/mol. The fourth-order valence-corrected chi connectivity index (χ4v) is 3.77. The lowest BCUT2D eigenvalue weighted by atomic mass is 9.99. The number of amides is 1. The van der Waals surface area contributed by atoms with Crippen LogP contribution in [0.1, 0.15) is 51.9 Å². The van der Waals surface area contributed by atoms with E-state index in [0.29, 0.717) is 12.5 Å². The van der Waals surface area contributed by atoms with E-state index in [1.54, 1.807) is 0 Å². The van der Waals surface area contributed by atoms with Gasteiger partial charge in [0.2, 0.25) is 5.91 Å². The second-order valence-electron chi connectivity index (χ2n) is 7.45. The highest BCUT2D eigenvalue weighted by atomic mass is 16.1. The molecule has 4 heteroatoms. The monoisotopic (exact) mass is 329 g/mol. The molecule has 1 aromatic carbocycles. The Morgan fingerprint density at radius 2 is 1.75 bits per heavy atom. The molecule has 24 heavy (non-hydrogen) atoms. The summed E-state index contributed by atoms with van der Waals surface area (Å²) in [7, 11) is 0. The standard InChI is InChI=1S/C20H31N3O/c1-16-11-14-23(15-12-16)19-8-6-18(7-9-19)22-20(24)10-13-21-17-4-2-3-5-17/h6-9,16-17,21H,2-5,10-15H2,1H3,(H,22,24). The van der Waals surface area contributed by atoms with Crippen LogP contribution >= 0.6 is 0 Å². The second-order valence-corrected chi connectivity index (χ2v) is 7.45. The van der Waals surface area contributed by atoms with Crippen molar-refractivity contribution in [2.45, 2.75) is 57.9 Å². The average Bonchev–Trinajstić information content (AvgIpc) is 3.10. The summed E-state index contributed by atoms with van der Waals surface area (Å²) < 4.78 is 0. The van der Waals surface area contributed by atoms with Crippen LogP contribution in [0.25, 0.3) is 0 Å². The third-order valence-corrected chi connectivity index (χ3v) is 5.44. The maximum Gasteiger partial charge on any atom is 0.225 e. The molecule has 0 atom stereocenters. The normalized spacial score (nSPS) is 19.6. The highest BCUT2D eigenvalue weighted by molar-refractivity contribution is 5.91. The molecule has 3 rings (SSSR count). The Bertz CT molecular complexity index is 514. The molecule has 1 heterocycles. The number of rotatable bonds is 6. The molecule has 2 N–H and O–H groups in total. The van der Waals surface area contributed by atoms with Gasteiger partial charge in [0.05, 0.1) is 0 Å². The maximum absolute atomic E-state index is 12.0. The topological polar surface area (TPSA) is 44.4 Å². The Morgan fingerprint density at radius 1 is 1.08 bits per heavy atom. The number of carbonyl (C=O) groups excluding carboxylic acids is 1. The molecule has 4 nitrogen and oxygen atoms in total. The number of benzene rings is 1. The van der Waals surface area contributed by atoms with E-state index in [9.17, 15) is 4.79 Å². The number of hydrogen-bond donors (Lipinski definition) is 2. The molecule has 0 aromatic heterocycles. The zero-order valence-electron chi connectivity index (χ0n) is 14.9. The van der Waals surface area contributed by atoms with Crippen molar-refractivity contribution in [1.82, 2.24) is 5.32 Å². The van der Waals surface area contributed by atoms with Crippen LogP contribution in [0.4, 0.5) is 11.4 Å². The van der Waals surface area contributed by atoms with Gasteiger partial charge in [0.1, 0.15) is 0 Å². The fraction of sp³-hybridized carbons (Fsp3) is 0.650. The van der Waals surface area contributed by atoms with Crippen molar-refractivity contribution in [1.29, 1.82) is 0 Å². The van der Waals surface area contributed by atoms with Gasteiger partial charge in [-0.05, 0) is 55.9 Å². The summed E-state index contributed by atoms with van der Waals surface area (Å²) in [5.41, 5.74) is 2.16.